The van der Waals surface area contributed by atoms with Gasteiger partial charge in [-0.25, -0.2) is 0 Å². The minimum Gasteiger partial charge on any atom is -0.454 e. The van der Waals surface area contributed by atoms with Crippen LogP contribution >= 0.6 is 0 Å². The van der Waals surface area contributed by atoms with E-state index in [1.54, 1.807) is 47.4 Å². The van der Waals surface area contributed by atoms with Gasteiger partial charge >= 0.3 is 6.61 Å². The van der Waals surface area contributed by atoms with Crippen LogP contribution < -0.4 is 24.4 Å². The summed E-state index contributed by atoms with van der Waals surface area (Å²) in [6.07, 6.45) is -0.562. The zero-order valence-corrected chi connectivity index (χ0v) is 15.5. The molecule has 8 heteroatoms. The summed E-state index contributed by atoms with van der Waals surface area (Å²) in [5.74, 6) is 1.02. The van der Waals surface area contributed by atoms with Gasteiger partial charge in [0, 0.05) is 11.8 Å². The predicted molar refractivity (Wildman–Crippen MR) is 105 cm³/mol. The van der Waals surface area contributed by atoms with Crippen LogP contribution in [0.3, 0.4) is 0 Å². The summed E-state index contributed by atoms with van der Waals surface area (Å²) in [6.45, 7) is -2.77. The van der Waals surface area contributed by atoms with E-state index < -0.39 is 12.8 Å². The molecule has 0 unspecified atom stereocenters. The smallest absolute Gasteiger partial charge is 0.387 e. The number of alkyl halides is 2. The maximum Gasteiger partial charge on any atom is 0.387 e. The molecular weight excluding hydrogens is 394 g/mol. The lowest BCUT2D eigenvalue weighted by Crippen LogP contribution is -2.43. The molecule has 1 amide bonds. The van der Waals surface area contributed by atoms with E-state index in [9.17, 15) is 13.6 Å². The van der Waals surface area contributed by atoms with Crippen molar-refractivity contribution in [3.05, 3.63) is 77.9 Å². The molecule has 0 radical (unpaired) electrons. The first-order valence-electron chi connectivity index (χ1n) is 9.24. The predicted octanol–water partition coefficient (Wildman–Crippen LogP) is 4.79. The number of anilines is 2. The summed E-state index contributed by atoms with van der Waals surface area (Å²) >= 11 is 0. The topological polar surface area (TPSA) is 60.0 Å². The SMILES string of the molecule is O=C1c2ccccc2N[C@H](c2ccc(OC(F)F)cc2)N1c1ccc2c(c1)OCO2. The van der Waals surface area contributed by atoms with Gasteiger partial charge in [0.25, 0.3) is 5.91 Å². The molecule has 0 aromatic heterocycles. The van der Waals surface area contributed by atoms with Gasteiger partial charge in [-0.15, -0.1) is 0 Å². The molecule has 0 fully saturated rings. The van der Waals surface area contributed by atoms with Crippen LogP contribution in [0.2, 0.25) is 0 Å². The van der Waals surface area contributed by atoms with E-state index in [0.29, 0.717) is 34.0 Å². The Balaban J connectivity index is 1.57. The second-order valence-electron chi connectivity index (χ2n) is 6.75. The minimum atomic E-state index is -2.90. The number of fused-ring (bicyclic) bond motifs is 2. The van der Waals surface area contributed by atoms with E-state index in [-0.39, 0.29) is 18.4 Å². The Morgan fingerprint density at radius 1 is 1.00 bits per heavy atom. The molecule has 5 rings (SSSR count). The second-order valence-corrected chi connectivity index (χ2v) is 6.75. The van der Waals surface area contributed by atoms with Crippen LogP contribution in [0.5, 0.6) is 17.2 Å². The number of nitrogens with one attached hydrogen (secondary N) is 1. The molecule has 152 valence electrons. The molecule has 3 aromatic carbocycles. The summed E-state index contributed by atoms with van der Waals surface area (Å²) in [5, 5.41) is 3.36. The Hall–Kier alpha value is -3.81. The number of carbonyl (C=O) groups excluding carboxylic acids is 1. The molecule has 6 nitrogen and oxygen atoms in total. The van der Waals surface area contributed by atoms with Crippen molar-refractivity contribution in [3.8, 4) is 17.2 Å². The highest BCUT2D eigenvalue weighted by atomic mass is 19.3. The molecule has 2 aliphatic rings. The molecule has 0 spiro atoms. The number of benzene rings is 3. The van der Waals surface area contributed by atoms with Gasteiger partial charge in [-0.1, -0.05) is 24.3 Å². The number of carbonyl (C=O) groups is 1. The van der Waals surface area contributed by atoms with Crippen molar-refractivity contribution < 1.29 is 27.8 Å². The average Bonchev–Trinajstić information content (AvgIpc) is 3.22. The molecule has 1 atom stereocenters. The fourth-order valence-corrected chi connectivity index (χ4v) is 3.62. The first kappa shape index (κ1) is 18.2. The van der Waals surface area contributed by atoms with Gasteiger partial charge in [-0.05, 0) is 42.0 Å². The Labute approximate surface area is 170 Å². The number of para-hydroxylation sites is 1. The number of ether oxygens (including phenoxy) is 3. The van der Waals surface area contributed by atoms with Gasteiger partial charge in [-0.3, -0.25) is 9.69 Å². The van der Waals surface area contributed by atoms with E-state index >= 15 is 0 Å². The van der Waals surface area contributed by atoms with Crippen LogP contribution in [0.1, 0.15) is 22.1 Å². The van der Waals surface area contributed by atoms with Crippen molar-refractivity contribution >= 4 is 17.3 Å². The van der Waals surface area contributed by atoms with Crippen molar-refractivity contribution in [2.24, 2.45) is 0 Å². The van der Waals surface area contributed by atoms with Gasteiger partial charge in [0.2, 0.25) is 6.79 Å². The zero-order chi connectivity index (χ0) is 20.7. The average molecular weight is 410 g/mol. The number of hydrogen-bond acceptors (Lipinski definition) is 5. The number of amides is 1. The van der Waals surface area contributed by atoms with Gasteiger partial charge in [-0.2, -0.15) is 8.78 Å². The van der Waals surface area contributed by atoms with Gasteiger partial charge in [0.1, 0.15) is 11.9 Å². The van der Waals surface area contributed by atoms with Crippen molar-refractivity contribution in [1.29, 1.82) is 0 Å². The van der Waals surface area contributed by atoms with Gasteiger partial charge in [0.15, 0.2) is 11.5 Å². The number of halogens is 2. The molecule has 0 bridgehead atoms. The van der Waals surface area contributed by atoms with Crippen molar-refractivity contribution in [3.63, 3.8) is 0 Å². The molecular formula is C22H16F2N2O4. The Kier molecular flexibility index (Phi) is 4.39. The minimum absolute atomic E-state index is 0.0471. The lowest BCUT2D eigenvalue weighted by atomic mass is 10.0. The molecule has 3 aromatic rings. The summed E-state index contributed by atoms with van der Waals surface area (Å²) in [4.78, 5) is 15.0. The van der Waals surface area contributed by atoms with Gasteiger partial charge < -0.3 is 19.5 Å². The summed E-state index contributed by atoms with van der Waals surface area (Å²) in [6, 6.07) is 18.7. The van der Waals surface area contributed by atoms with Crippen LogP contribution in [0, 0.1) is 0 Å². The molecule has 0 saturated carbocycles. The zero-order valence-electron chi connectivity index (χ0n) is 15.5. The largest absolute Gasteiger partial charge is 0.454 e. The van der Waals surface area contributed by atoms with Crippen molar-refractivity contribution in [2.45, 2.75) is 12.8 Å². The highest BCUT2D eigenvalue weighted by Gasteiger charge is 2.34. The molecule has 0 saturated heterocycles. The Morgan fingerprint density at radius 2 is 1.77 bits per heavy atom. The highest BCUT2D eigenvalue weighted by molar-refractivity contribution is 6.12. The number of rotatable bonds is 4. The maximum atomic E-state index is 13.4. The van der Waals surface area contributed by atoms with Crippen LogP contribution in [-0.4, -0.2) is 19.3 Å². The number of nitrogens with zero attached hydrogens (tertiary/aromatic N) is 1. The molecule has 1 N–H and O–H groups in total. The summed E-state index contributed by atoms with van der Waals surface area (Å²) < 4.78 is 40.2. The normalized spacial score (nSPS) is 17.0. The third-order valence-corrected chi connectivity index (χ3v) is 4.98. The van der Waals surface area contributed by atoms with E-state index in [0.717, 1.165) is 0 Å². The van der Waals surface area contributed by atoms with Crippen molar-refractivity contribution in [2.75, 3.05) is 17.0 Å². The Bertz CT molecular complexity index is 1100. The first-order valence-corrected chi connectivity index (χ1v) is 9.24. The molecule has 2 aliphatic heterocycles. The lowest BCUT2D eigenvalue weighted by Gasteiger charge is -2.38. The molecule has 30 heavy (non-hydrogen) atoms. The first-order chi connectivity index (χ1) is 14.6. The lowest BCUT2D eigenvalue weighted by molar-refractivity contribution is -0.0498. The number of hydrogen-bond donors (Lipinski definition) is 1. The van der Waals surface area contributed by atoms with Crippen LogP contribution in [0.4, 0.5) is 20.2 Å². The van der Waals surface area contributed by atoms with Crippen molar-refractivity contribution in [1.82, 2.24) is 0 Å². The van der Waals surface area contributed by atoms with Crippen LogP contribution in [0.15, 0.2) is 66.7 Å². The van der Waals surface area contributed by atoms with E-state index in [1.165, 1.54) is 12.1 Å². The summed E-state index contributed by atoms with van der Waals surface area (Å²) in [7, 11) is 0. The van der Waals surface area contributed by atoms with E-state index in [1.807, 2.05) is 12.1 Å². The third-order valence-electron chi connectivity index (χ3n) is 4.98. The highest BCUT2D eigenvalue weighted by Crippen LogP contribution is 2.41. The van der Waals surface area contributed by atoms with Crippen LogP contribution in [0.25, 0.3) is 0 Å². The van der Waals surface area contributed by atoms with E-state index in [4.69, 9.17) is 9.47 Å². The standard InChI is InChI=1S/C22H16F2N2O4/c23-22(24)30-15-8-5-13(6-9-15)20-25-17-4-2-1-3-16(17)21(27)26(20)14-7-10-18-19(11-14)29-12-28-18/h1-11,20,22,25H,12H2/t20-/m0/s1. The van der Waals surface area contributed by atoms with Crippen LogP contribution in [-0.2, 0) is 0 Å². The monoisotopic (exact) mass is 410 g/mol. The fraction of sp³-hybridized carbons (Fsp3) is 0.136. The second kappa shape index (κ2) is 7.22. The maximum absolute atomic E-state index is 13.4. The van der Waals surface area contributed by atoms with Gasteiger partial charge in [0.05, 0.1) is 11.3 Å². The molecule has 2 heterocycles. The van der Waals surface area contributed by atoms with E-state index in [2.05, 4.69) is 10.1 Å². The third kappa shape index (κ3) is 3.16. The Morgan fingerprint density at radius 3 is 2.57 bits per heavy atom. The fourth-order valence-electron chi connectivity index (χ4n) is 3.62. The summed E-state index contributed by atoms with van der Waals surface area (Å²) in [5.41, 5.74) is 2.54. The quantitative estimate of drug-likeness (QED) is 0.670. The molecule has 0 aliphatic carbocycles.